The van der Waals surface area contributed by atoms with Crippen molar-refractivity contribution < 1.29 is 9.53 Å². The van der Waals surface area contributed by atoms with Crippen LogP contribution in [-0.4, -0.2) is 42.6 Å². The molecule has 0 unspecified atom stereocenters. The quantitative estimate of drug-likeness (QED) is 0.768. The third kappa shape index (κ3) is 5.11. The molecule has 0 saturated carbocycles. The van der Waals surface area contributed by atoms with E-state index in [0.29, 0.717) is 24.9 Å². The molecule has 0 bridgehead atoms. The number of amides is 1. The molecule has 0 aliphatic carbocycles. The van der Waals surface area contributed by atoms with Gasteiger partial charge in [0.1, 0.15) is 0 Å². The number of alkyl halides is 1. The Morgan fingerprint density at radius 2 is 2.13 bits per heavy atom. The van der Waals surface area contributed by atoms with Crippen molar-refractivity contribution in [3.8, 4) is 0 Å². The Hall–Kier alpha value is -1.26. The van der Waals surface area contributed by atoms with Crippen LogP contribution in [0.1, 0.15) is 38.3 Å². The normalized spacial score (nSPS) is 22.1. The number of benzene rings is 1. The van der Waals surface area contributed by atoms with Crippen molar-refractivity contribution in [3.63, 3.8) is 0 Å². The summed E-state index contributed by atoms with van der Waals surface area (Å²) >= 11 is 5.85. The van der Waals surface area contributed by atoms with Crippen LogP contribution in [0.5, 0.6) is 0 Å². The molecular weight excluding hydrogens is 312 g/mol. The van der Waals surface area contributed by atoms with Crippen molar-refractivity contribution in [2.75, 3.05) is 25.6 Å². The molecule has 1 aliphatic heterocycles. The number of ether oxygens (including phenoxy) is 1. The number of hydrogen-bond acceptors (Lipinski definition) is 3. The van der Waals surface area contributed by atoms with Crippen LogP contribution < -0.4 is 5.32 Å². The van der Waals surface area contributed by atoms with Gasteiger partial charge >= 0.3 is 6.09 Å². The standard InChI is InChI=1S/C18H27ClN2O2/c1-3-23-18(22)21-12-16(10-7-11-19)17(13-21)20-14(2)15-8-5-4-6-9-15/h4-6,8-9,14,16-17,20H,3,7,10-13H2,1-2H3/t14-,16+,17-/m1/s1. The summed E-state index contributed by atoms with van der Waals surface area (Å²) < 4.78 is 5.15. The topological polar surface area (TPSA) is 41.6 Å². The first-order valence-corrected chi connectivity index (χ1v) is 8.97. The summed E-state index contributed by atoms with van der Waals surface area (Å²) in [4.78, 5) is 13.8. The fraction of sp³-hybridized carbons (Fsp3) is 0.611. The summed E-state index contributed by atoms with van der Waals surface area (Å²) in [6.07, 6.45) is 1.79. The molecule has 0 spiro atoms. The van der Waals surface area contributed by atoms with E-state index in [4.69, 9.17) is 16.3 Å². The Balaban J connectivity index is 1.99. The summed E-state index contributed by atoms with van der Waals surface area (Å²) in [7, 11) is 0. The second-order valence-corrected chi connectivity index (χ2v) is 6.48. The fourth-order valence-corrected chi connectivity index (χ4v) is 3.37. The highest BCUT2D eigenvalue weighted by Gasteiger charge is 2.36. The van der Waals surface area contributed by atoms with Crippen LogP contribution in [0.2, 0.25) is 0 Å². The first-order valence-electron chi connectivity index (χ1n) is 8.44. The van der Waals surface area contributed by atoms with Gasteiger partial charge < -0.3 is 15.0 Å². The lowest BCUT2D eigenvalue weighted by atomic mass is 9.96. The summed E-state index contributed by atoms with van der Waals surface area (Å²) in [5, 5.41) is 3.69. The number of likely N-dealkylation sites (tertiary alicyclic amines) is 1. The van der Waals surface area contributed by atoms with Gasteiger partial charge in [0.15, 0.2) is 0 Å². The van der Waals surface area contributed by atoms with Crippen molar-refractivity contribution in [3.05, 3.63) is 35.9 Å². The van der Waals surface area contributed by atoms with Crippen molar-refractivity contribution in [1.82, 2.24) is 10.2 Å². The second-order valence-electron chi connectivity index (χ2n) is 6.10. The molecule has 1 heterocycles. The Morgan fingerprint density at radius 1 is 1.39 bits per heavy atom. The predicted octanol–water partition coefficient (Wildman–Crippen LogP) is 3.81. The van der Waals surface area contributed by atoms with Gasteiger partial charge in [-0.3, -0.25) is 0 Å². The van der Waals surface area contributed by atoms with E-state index in [9.17, 15) is 4.79 Å². The lowest BCUT2D eigenvalue weighted by Gasteiger charge is -2.24. The molecule has 0 aromatic heterocycles. The van der Waals surface area contributed by atoms with Crippen molar-refractivity contribution in [2.45, 2.75) is 38.8 Å². The molecule has 3 atom stereocenters. The largest absolute Gasteiger partial charge is 0.450 e. The number of carbonyl (C=O) groups excluding carboxylic acids is 1. The average molecular weight is 339 g/mol. The van der Waals surface area contributed by atoms with Crippen LogP contribution in [0.15, 0.2) is 30.3 Å². The van der Waals surface area contributed by atoms with E-state index >= 15 is 0 Å². The van der Waals surface area contributed by atoms with Gasteiger partial charge in [0, 0.05) is 31.1 Å². The molecule has 1 N–H and O–H groups in total. The van der Waals surface area contributed by atoms with E-state index in [1.54, 1.807) is 0 Å². The molecule has 1 amide bonds. The van der Waals surface area contributed by atoms with E-state index in [1.807, 2.05) is 17.9 Å². The summed E-state index contributed by atoms with van der Waals surface area (Å²) in [6.45, 7) is 5.87. The van der Waals surface area contributed by atoms with E-state index in [1.165, 1.54) is 5.56 Å². The molecule has 5 heteroatoms. The van der Waals surface area contributed by atoms with Gasteiger partial charge in [0.2, 0.25) is 0 Å². The monoisotopic (exact) mass is 338 g/mol. The van der Waals surface area contributed by atoms with Gasteiger partial charge in [-0.1, -0.05) is 30.3 Å². The summed E-state index contributed by atoms with van der Waals surface area (Å²) in [5.74, 6) is 1.08. The zero-order chi connectivity index (χ0) is 16.7. The van der Waals surface area contributed by atoms with E-state index < -0.39 is 0 Å². The number of carbonyl (C=O) groups is 1. The van der Waals surface area contributed by atoms with Gasteiger partial charge in [0.05, 0.1) is 6.61 Å². The molecule has 4 nitrogen and oxygen atoms in total. The molecular formula is C18H27ClN2O2. The third-order valence-corrected chi connectivity index (χ3v) is 4.71. The maximum absolute atomic E-state index is 12.0. The van der Waals surface area contributed by atoms with Crippen LogP contribution in [0.25, 0.3) is 0 Å². The maximum atomic E-state index is 12.0. The second kappa shape index (κ2) is 9.14. The number of rotatable bonds is 7. The molecule has 0 radical (unpaired) electrons. The van der Waals surface area contributed by atoms with Crippen LogP contribution in [0.3, 0.4) is 0 Å². The van der Waals surface area contributed by atoms with E-state index in [-0.39, 0.29) is 18.2 Å². The molecule has 1 aliphatic rings. The number of halogens is 1. The highest BCUT2D eigenvalue weighted by molar-refractivity contribution is 6.17. The summed E-state index contributed by atoms with van der Waals surface area (Å²) in [5.41, 5.74) is 1.26. The zero-order valence-corrected chi connectivity index (χ0v) is 14.8. The highest BCUT2D eigenvalue weighted by atomic mass is 35.5. The molecule has 128 valence electrons. The first kappa shape index (κ1) is 18.1. The maximum Gasteiger partial charge on any atom is 0.409 e. The zero-order valence-electron chi connectivity index (χ0n) is 14.0. The first-order chi connectivity index (χ1) is 11.2. The minimum Gasteiger partial charge on any atom is -0.450 e. The van der Waals surface area contributed by atoms with E-state index in [2.05, 4.69) is 36.5 Å². The molecule has 2 rings (SSSR count). The predicted molar refractivity (Wildman–Crippen MR) is 93.8 cm³/mol. The van der Waals surface area contributed by atoms with Crippen LogP contribution >= 0.6 is 11.6 Å². The Bertz CT molecular complexity index is 483. The molecule has 1 fully saturated rings. The Kier molecular flexibility index (Phi) is 7.18. The van der Waals surface area contributed by atoms with Crippen LogP contribution in [0.4, 0.5) is 4.79 Å². The van der Waals surface area contributed by atoms with Gasteiger partial charge in [-0.2, -0.15) is 0 Å². The van der Waals surface area contributed by atoms with Gasteiger partial charge in [-0.05, 0) is 38.2 Å². The van der Waals surface area contributed by atoms with Gasteiger partial charge in [-0.15, -0.1) is 11.6 Å². The van der Waals surface area contributed by atoms with Gasteiger partial charge in [0.25, 0.3) is 0 Å². The van der Waals surface area contributed by atoms with Crippen molar-refractivity contribution in [1.29, 1.82) is 0 Å². The van der Waals surface area contributed by atoms with Crippen molar-refractivity contribution >= 4 is 17.7 Å². The molecule has 1 saturated heterocycles. The minimum atomic E-state index is -0.208. The van der Waals surface area contributed by atoms with Crippen molar-refractivity contribution in [2.24, 2.45) is 5.92 Å². The minimum absolute atomic E-state index is 0.208. The fourth-order valence-electron chi connectivity index (χ4n) is 3.21. The average Bonchev–Trinajstić information content (AvgIpc) is 2.97. The van der Waals surface area contributed by atoms with E-state index in [0.717, 1.165) is 19.4 Å². The highest BCUT2D eigenvalue weighted by Crippen LogP contribution is 2.25. The van der Waals surface area contributed by atoms with Crippen LogP contribution in [0, 0.1) is 5.92 Å². The smallest absolute Gasteiger partial charge is 0.409 e. The SMILES string of the molecule is CCOC(=O)N1C[C@H](CCCCl)[C@H](N[C@H](C)c2ccccc2)C1. The van der Waals surface area contributed by atoms with Crippen LogP contribution in [-0.2, 0) is 4.74 Å². The molecule has 23 heavy (non-hydrogen) atoms. The lowest BCUT2D eigenvalue weighted by molar-refractivity contribution is 0.114. The Labute approximate surface area is 144 Å². The number of hydrogen-bond donors (Lipinski definition) is 1. The van der Waals surface area contributed by atoms with Gasteiger partial charge in [-0.25, -0.2) is 4.79 Å². The molecule has 1 aromatic rings. The third-order valence-electron chi connectivity index (χ3n) is 4.44. The Morgan fingerprint density at radius 3 is 2.78 bits per heavy atom. The number of nitrogens with one attached hydrogen (secondary N) is 1. The molecule has 1 aromatic carbocycles. The summed E-state index contributed by atoms with van der Waals surface area (Å²) in [6, 6.07) is 10.9. The number of nitrogens with zero attached hydrogens (tertiary/aromatic N) is 1. The lowest BCUT2D eigenvalue weighted by Crippen LogP contribution is -2.38.